The van der Waals surface area contributed by atoms with Gasteiger partial charge in [0.1, 0.15) is 11.8 Å². The van der Waals surface area contributed by atoms with Crippen molar-refractivity contribution in [2.45, 2.75) is 63.6 Å². The maximum Gasteiger partial charge on any atom is 0.414 e. The second-order valence-corrected chi connectivity index (χ2v) is 12.6. The number of carbonyl (C=O) groups excluding carboxylic acids is 3. The van der Waals surface area contributed by atoms with Crippen LogP contribution in [0.15, 0.2) is 103 Å². The highest BCUT2D eigenvalue weighted by Gasteiger charge is 2.42. The molecule has 0 bridgehead atoms. The highest BCUT2D eigenvalue weighted by atomic mass is 16.6. The van der Waals surface area contributed by atoms with Gasteiger partial charge in [-0.15, -0.1) is 0 Å². The zero-order valence-corrected chi connectivity index (χ0v) is 29.5. The third kappa shape index (κ3) is 10.3. The van der Waals surface area contributed by atoms with Crippen LogP contribution in [0.25, 0.3) is 0 Å². The van der Waals surface area contributed by atoms with Crippen molar-refractivity contribution in [2.75, 3.05) is 41.3 Å². The molecule has 3 N–H and O–H groups in total. The number of amides is 3. The van der Waals surface area contributed by atoms with E-state index in [0.717, 1.165) is 11.1 Å². The Hall–Kier alpha value is -4.47. The third-order valence-electron chi connectivity index (χ3n) is 8.72. The van der Waals surface area contributed by atoms with E-state index in [0.29, 0.717) is 37.1 Å². The van der Waals surface area contributed by atoms with Crippen LogP contribution in [0.1, 0.15) is 61.5 Å². The van der Waals surface area contributed by atoms with Crippen molar-refractivity contribution in [1.29, 1.82) is 0 Å². The molecule has 0 aliphatic rings. The summed E-state index contributed by atoms with van der Waals surface area (Å²) in [7, 11) is 7.61. The molecule has 0 fully saturated rings. The van der Waals surface area contributed by atoms with Crippen LogP contribution in [-0.4, -0.2) is 87.1 Å². The van der Waals surface area contributed by atoms with E-state index in [1.54, 1.807) is 31.3 Å². The third-order valence-corrected chi connectivity index (χ3v) is 8.72. The summed E-state index contributed by atoms with van der Waals surface area (Å²) >= 11 is 0. The number of benzene rings is 3. The van der Waals surface area contributed by atoms with Crippen molar-refractivity contribution in [1.82, 2.24) is 25.8 Å². The van der Waals surface area contributed by atoms with Gasteiger partial charge in [-0.05, 0) is 97.1 Å². The van der Waals surface area contributed by atoms with Crippen LogP contribution in [0.2, 0.25) is 0 Å². The van der Waals surface area contributed by atoms with Gasteiger partial charge in [0.25, 0.3) is 5.91 Å². The maximum absolute atomic E-state index is 13.7. The maximum atomic E-state index is 13.7. The fraction of sp³-hybridized carbons (Fsp3) is 0.410. The van der Waals surface area contributed by atoms with Crippen LogP contribution in [0.3, 0.4) is 0 Å². The molecule has 3 aromatic carbocycles. The number of nitrogens with zero attached hydrogens (tertiary/aromatic N) is 2. The predicted molar refractivity (Wildman–Crippen MR) is 193 cm³/mol. The van der Waals surface area contributed by atoms with Crippen LogP contribution < -0.4 is 16.0 Å². The highest BCUT2D eigenvalue weighted by molar-refractivity contribution is 5.97. The van der Waals surface area contributed by atoms with Gasteiger partial charge in [-0.25, -0.2) is 4.79 Å². The van der Waals surface area contributed by atoms with Gasteiger partial charge >= 0.3 is 6.09 Å². The minimum absolute atomic E-state index is 0.149. The Balaban J connectivity index is 1.79. The Labute approximate surface area is 286 Å². The summed E-state index contributed by atoms with van der Waals surface area (Å²) in [5.74, 6) is -0.0738. The van der Waals surface area contributed by atoms with E-state index < -0.39 is 23.6 Å². The van der Waals surface area contributed by atoms with Crippen molar-refractivity contribution < 1.29 is 19.1 Å². The van der Waals surface area contributed by atoms with Crippen molar-refractivity contribution in [2.24, 2.45) is 0 Å². The van der Waals surface area contributed by atoms with Gasteiger partial charge in [0, 0.05) is 31.2 Å². The van der Waals surface area contributed by atoms with Crippen LogP contribution in [0, 0.1) is 0 Å². The van der Waals surface area contributed by atoms with E-state index in [4.69, 9.17) is 4.74 Å². The number of carbonyl (C=O) groups is 3. The molecule has 0 aliphatic heterocycles. The van der Waals surface area contributed by atoms with Crippen molar-refractivity contribution in [3.63, 3.8) is 0 Å². The summed E-state index contributed by atoms with van der Waals surface area (Å²) in [5, 5.41) is 8.96. The standard InChI is InChI=1S/C39H53N5O4/c1-8-35(39(27-30(3)43(5)6,32-21-14-10-15-22-32)33-23-16-11-17-24-33)48-38(47)44(7)28-29(2)41-37(46)34(25-18-26-40-4)42-36(45)31-19-12-9-13-20-31/h8-17,19-24,29-30,34,40H,18,25-28H2,1-7H3,(H,41,46)(H,42,45)/b35-8-. The number of rotatable bonds is 17. The molecule has 0 spiro atoms. The van der Waals surface area contributed by atoms with Gasteiger partial charge in [0.2, 0.25) is 5.91 Å². The fourth-order valence-corrected chi connectivity index (χ4v) is 5.88. The number of likely N-dealkylation sites (N-methyl/N-ethyl adjacent to an activating group) is 1. The first-order valence-corrected chi connectivity index (χ1v) is 16.7. The molecule has 0 heterocycles. The minimum Gasteiger partial charge on any atom is -0.414 e. The first-order valence-electron chi connectivity index (χ1n) is 16.7. The molecular weight excluding hydrogens is 602 g/mol. The van der Waals surface area contributed by atoms with E-state index in [2.05, 4.69) is 66.1 Å². The Morgan fingerprint density at radius 2 is 1.38 bits per heavy atom. The number of hydrogen-bond donors (Lipinski definition) is 3. The van der Waals surface area contributed by atoms with E-state index in [-0.39, 0.29) is 24.4 Å². The highest BCUT2D eigenvalue weighted by Crippen LogP contribution is 2.44. The van der Waals surface area contributed by atoms with Gasteiger partial charge in [-0.1, -0.05) is 78.9 Å². The molecule has 0 aliphatic carbocycles. The summed E-state index contributed by atoms with van der Waals surface area (Å²) in [6.07, 6.45) is 3.19. The Bertz CT molecular complexity index is 1420. The van der Waals surface area contributed by atoms with Gasteiger partial charge < -0.3 is 30.5 Å². The van der Waals surface area contributed by atoms with Gasteiger partial charge in [-0.2, -0.15) is 0 Å². The molecule has 0 saturated carbocycles. The van der Waals surface area contributed by atoms with E-state index in [1.165, 1.54) is 4.90 Å². The predicted octanol–water partition coefficient (Wildman–Crippen LogP) is 5.59. The lowest BCUT2D eigenvalue weighted by atomic mass is 9.68. The van der Waals surface area contributed by atoms with Crippen molar-refractivity contribution >= 4 is 17.9 Å². The van der Waals surface area contributed by atoms with Gasteiger partial charge in [0.15, 0.2) is 0 Å². The Morgan fingerprint density at radius 3 is 1.88 bits per heavy atom. The Kier molecular flexibility index (Phi) is 14.8. The van der Waals surface area contributed by atoms with Gasteiger partial charge in [-0.3, -0.25) is 9.59 Å². The summed E-state index contributed by atoms with van der Waals surface area (Å²) in [6.45, 7) is 6.81. The molecule has 9 nitrogen and oxygen atoms in total. The average molecular weight is 656 g/mol. The zero-order valence-electron chi connectivity index (χ0n) is 29.5. The Morgan fingerprint density at radius 1 is 0.833 bits per heavy atom. The molecule has 9 heteroatoms. The molecule has 258 valence electrons. The molecule has 0 radical (unpaired) electrons. The van der Waals surface area contributed by atoms with Crippen LogP contribution in [-0.2, 0) is 14.9 Å². The molecule has 3 rings (SSSR count). The topological polar surface area (TPSA) is 103 Å². The van der Waals surface area contributed by atoms with E-state index in [1.807, 2.05) is 69.4 Å². The zero-order chi connectivity index (χ0) is 35.1. The minimum atomic E-state index is -0.741. The first kappa shape index (κ1) is 38.0. The molecule has 48 heavy (non-hydrogen) atoms. The van der Waals surface area contributed by atoms with Crippen LogP contribution in [0.5, 0.6) is 0 Å². The van der Waals surface area contributed by atoms with E-state index >= 15 is 0 Å². The lowest BCUT2D eigenvalue weighted by Gasteiger charge is -2.40. The molecule has 3 amide bonds. The average Bonchev–Trinajstić information content (AvgIpc) is 3.10. The molecule has 3 unspecified atom stereocenters. The molecule has 0 aromatic heterocycles. The van der Waals surface area contributed by atoms with Crippen molar-refractivity contribution in [3.8, 4) is 0 Å². The second-order valence-electron chi connectivity index (χ2n) is 12.6. The normalized spacial score (nSPS) is 13.7. The summed E-state index contributed by atoms with van der Waals surface area (Å²) < 4.78 is 6.29. The number of hydrogen-bond acceptors (Lipinski definition) is 6. The van der Waals surface area contributed by atoms with Crippen molar-refractivity contribution in [3.05, 3.63) is 120 Å². The first-order chi connectivity index (χ1) is 23.0. The van der Waals surface area contributed by atoms with Crippen LogP contribution >= 0.6 is 0 Å². The monoisotopic (exact) mass is 655 g/mol. The summed E-state index contributed by atoms with van der Waals surface area (Å²) in [5.41, 5.74) is 1.79. The quantitative estimate of drug-likeness (QED) is 0.130. The van der Waals surface area contributed by atoms with Crippen LogP contribution in [0.4, 0.5) is 4.79 Å². The SMILES string of the molecule is C/C=C(\OC(=O)N(C)CC(C)NC(=O)C(CCCNC)NC(=O)c1ccccc1)C(CC(C)N(C)C)(c1ccccc1)c1ccccc1. The lowest BCUT2D eigenvalue weighted by Crippen LogP contribution is -2.51. The lowest BCUT2D eigenvalue weighted by molar-refractivity contribution is -0.123. The largest absolute Gasteiger partial charge is 0.414 e. The van der Waals surface area contributed by atoms with E-state index in [9.17, 15) is 14.4 Å². The molecular formula is C39H53N5O4. The number of nitrogens with one attached hydrogen (secondary N) is 3. The fourth-order valence-electron chi connectivity index (χ4n) is 5.88. The summed E-state index contributed by atoms with van der Waals surface area (Å²) in [6, 6.07) is 28.2. The van der Waals surface area contributed by atoms with Gasteiger partial charge in [0.05, 0.1) is 5.41 Å². The summed E-state index contributed by atoms with van der Waals surface area (Å²) in [4.78, 5) is 43.7. The second kappa shape index (κ2) is 18.8. The molecule has 3 atom stereocenters. The number of allylic oxidation sites excluding steroid dienone is 2. The molecule has 3 aromatic rings. The number of ether oxygens (including phenoxy) is 1. The molecule has 0 saturated heterocycles. The smallest absolute Gasteiger partial charge is 0.414 e.